The molecule has 2 aromatic rings. The van der Waals surface area contributed by atoms with E-state index in [0.717, 1.165) is 29.5 Å². The van der Waals surface area contributed by atoms with Gasteiger partial charge >= 0.3 is 0 Å². The maximum atomic E-state index is 13.0. The van der Waals surface area contributed by atoms with Gasteiger partial charge in [-0.05, 0) is 32.3 Å². The Kier molecular flexibility index (Phi) is 5.24. The zero-order chi connectivity index (χ0) is 20.5. The average molecular weight is 391 g/mol. The molecule has 0 aromatic heterocycles. The van der Waals surface area contributed by atoms with Gasteiger partial charge in [0.1, 0.15) is 5.76 Å². The van der Waals surface area contributed by atoms with Crippen molar-refractivity contribution >= 4 is 17.4 Å². The largest absolute Gasteiger partial charge is 0.507 e. The zero-order valence-electron chi connectivity index (χ0n) is 16.7. The van der Waals surface area contributed by atoms with Gasteiger partial charge in [0.15, 0.2) is 0 Å². The van der Waals surface area contributed by atoms with Crippen LogP contribution in [-0.4, -0.2) is 41.0 Å². The molecule has 0 radical (unpaired) electrons. The second-order valence-electron chi connectivity index (χ2n) is 7.86. The van der Waals surface area contributed by atoms with Crippen LogP contribution in [0.3, 0.4) is 0 Å². The Morgan fingerprint density at radius 3 is 2.24 bits per heavy atom. The standard InChI is InChI=1S/C24H25NO4/c1-15-5-9-17(10-6-15)21-20(22(26)18-11-7-16(2)8-12-18)23(27)24(28)25(21)14-19-4-3-13-29-19/h5-12,19,21,26H,3-4,13-14H2,1-2H3/t19-,21-/m0/s1. The van der Waals surface area contributed by atoms with E-state index >= 15 is 0 Å². The second kappa shape index (κ2) is 7.84. The Balaban J connectivity index is 1.81. The van der Waals surface area contributed by atoms with Gasteiger partial charge in [0.25, 0.3) is 11.7 Å². The maximum Gasteiger partial charge on any atom is 0.295 e. The number of carbonyl (C=O) groups is 2. The van der Waals surface area contributed by atoms with Gasteiger partial charge < -0.3 is 14.7 Å². The Bertz CT molecular complexity index is 953. The maximum absolute atomic E-state index is 13.0. The highest BCUT2D eigenvalue weighted by Gasteiger charge is 2.46. The van der Waals surface area contributed by atoms with E-state index < -0.39 is 17.7 Å². The molecule has 4 rings (SSSR count). The predicted molar refractivity (Wildman–Crippen MR) is 110 cm³/mol. The van der Waals surface area contributed by atoms with E-state index in [9.17, 15) is 14.7 Å². The van der Waals surface area contributed by atoms with Gasteiger partial charge in [0, 0.05) is 18.7 Å². The number of hydrogen-bond donors (Lipinski definition) is 1. The summed E-state index contributed by atoms with van der Waals surface area (Å²) >= 11 is 0. The van der Waals surface area contributed by atoms with Gasteiger partial charge in [-0.2, -0.15) is 0 Å². The van der Waals surface area contributed by atoms with Crippen molar-refractivity contribution in [1.82, 2.24) is 4.90 Å². The average Bonchev–Trinajstić information content (AvgIpc) is 3.31. The van der Waals surface area contributed by atoms with E-state index in [-0.39, 0.29) is 17.4 Å². The molecule has 2 atom stereocenters. The van der Waals surface area contributed by atoms with Crippen molar-refractivity contribution in [3.63, 3.8) is 0 Å². The Labute approximate surface area is 170 Å². The van der Waals surface area contributed by atoms with Gasteiger partial charge in [-0.25, -0.2) is 0 Å². The van der Waals surface area contributed by atoms with Gasteiger partial charge in [-0.15, -0.1) is 0 Å². The molecular weight excluding hydrogens is 366 g/mol. The number of Topliss-reactive ketones (excluding diaryl/α,β-unsaturated/α-hetero) is 1. The molecule has 150 valence electrons. The summed E-state index contributed by atoms with van der Waals surface area (Å²) in [6, 6.07) is 14.4. The van der Waals surface area contributed by atoms with E-state index in [1.807, 2.05) is 50.2 Å². The summed E-state index contributed by atoms with van der Waals surface area (Å²) < 4.78 is 5.71. The van der Waals surface area contributed by atoms with Crippen LogP contribution in [0.2, 0.25) is 0 Å². The minimum absolute atomic E-state index is 0.0828. The van der Waals surface area contributed by atoms with Crippen molar-refractivity contribution in [2.75, 3.05) is 13.2 Å². The minimum Gasteiger partial charge on any atom is -0.507 e. The van der Waals surface area contributed by atoms with Gasteiger partial charge in [-0.3, -0.25) is 9.59 Å². The molecule has 2 fully saturated rings. The number of aliphatic hydroxyl groups excluding tert-OH is 1. The third-order valence-corrected chi connectivity index (χ3v) is 5.68. The third kappa shape index (κ3) is 3.70. The van der Waals surface area contributed by atoms with Crippen molar-refractivity contribution in [2.45, 2.75) is 38.8 Å². The number of ketones is 1. The molecule has 1 amide bonds. The van der Waals surface area contributed by atoms with Crippen LogP contribution in [0.1, 0.15) is 41.1 Å². The summed E-state index contributed by atoms with van der Waals surface area (Å²) in [5.74, 6) is -1.37. The third-order valence-electron chi connectivity index (χ3n) is 5.68. The lowest BCUT2D eigenvalue weighted by Crippen LogP contribution is -2.36. The molecule has 0 aliphatic carbocycles. The number of carbonyl (C=O) groups excluding carboxylic acids is 2. The lowest BCUT2D eigenvalue weighted by molar-refractivity contribution is -0.140. The van der Waals surface area contributed by atoms with Gasteiger partial charge in [-0.1, -0.05) is 59.7 Å². The Morgan fingerprint density at radius 1 is 1.03 bits per heavy atom. The highest BCUT2D eigenvalue weighted by molar-refractivity contribution is 6.46. The molecule has 0 saturated carbocycles. The zero-order valence-corrected chi connectivity index (χ0v) is 16.7. The molecule has 2 saturated heterocycles. The van der Waals surface area contributed by atoms with E-state index in [1.54, 1.807) is 17.0 Å². The van der Waals surface area contributed by atoms with Crippen molar-refractivity contribution in [1.29, 1.82) is 0 Å². The van der Waals surface area contributed by atoms with Crippen molar-refractivity contribution in [3.05, 3.63) is 76.4 Å². The fourth-order valence-electron chi connectivity index (χ4n) is 4.04. The molecule has 5 heteroatoms. The van der Waals surface area contributed by atoms with Crippen LogP contribution in [0, 0.1) is 13.8 Å². The number of aryl methyl sites for hydroxylation is 2. The molecule has 0 spiro atoms. The number of benzene rings is 2. The number of rotatable bonds is 4. The quantitative estimate of drug-likeness (QED) is 0.488. The number of hydrogen-bond acceptors (Lipinski definition) is 4. The summed E-state index contributed by atoms with van der Waals surface area (Å²) in [6.07, 6.45) is 1.73. The summed E-state index contributed by atoms with van der Waals surface area (Å²) in [5, 5.41) is 11.0. The van der Waals surface area contributed by atoms with Crippen LogP contribution in [0.4, 0.5) is 0 Å². The molecule has 5 nitrogen and oxygen atoms in total. The van der Waals surface area contributed by atoms with Crippen LogP contribution in [0.5, 0.6) is 0 Å². The number of amides is 1. The summed E-state index contributed by atoms with van der Waals surface area (Å²) in [5.41, 5.74) is 3.61. The number of aliphatic hydroxyl groups is 1. The first kappa shape index (κ1) is 19.4. The summed E-state index contributed by atoms with van der Waals surface area (Å²) in [4.78, 5) is 27.4. The normalized spacial score (nSPS) is 23.7. The van der Waals surface area contributed by atoms with Crippen LogP contribution in [0.15, 0.2) is 54.1 Å². The smallest absolute Gasteiger partial charge is 0.295 e. The number of nitrogens with zero attached hydrogens (tertiary/aromatic N) is 1. The SMILES string of the molecule is Cc1ccc(C(O)=C2C(=O)C(=O)N(C[C@@H]3CCCO3)[C@H]2c2ccc(C)cc2)cc1. The van der Waals surface area contributed by atoms with Crippen molar-refractivity contribution in [2.24, 2.45) is 0 Å². The molecule has 2 aliphatic heterocycles. The summed E-state index contributed by atoms with van der Waals surface area (Å²) in [6.45, 7) is 4.96. The van der Waals surface area contributed by atoms with E-state index in [4.69, 9.17) is 4.74 Å². The molecule has 2 aliphatic rings. The minimum atomic E-state index is -0.647. The van der Waals surface area contributed by atoms with Crippen molar-refractivity contribution < 1.29 is 19.4 Å². The van der Waals surface area contributed by atoms with Crippen LogP contribution < -0.4 is 0 Å². The number of likely N-dealkylation sites (tertiary alicyclic amines) is 1. The topological polar surface area (TPSA) is 66.8 Å². The van der Waals surface area contributed by atoms with Crippen LogP contribution in [0.25, 0.3) is 5.76 Å². The fraction of sp³-hybridized carbons (Fsp3) is 0.333. The Hall–Kier alpha value is -2.92. The van der Waals surface area contributed by atoms with Crippen molar-refractivity contribution in [3.8, 4) is 0 Å². The molecular formula is C24H25NO4. The van der Waals surface area contributed by atoms with Crippen LogP contribution in [-0.2, 0) is 14.3 Å². The van der Waals surface area contributed by atoms with Gasteiger partial charge in [0.2, 0.25) is 0 Å². The molecule has 2 aromatic carbocycles. The fourth-order valence-corrected chi connectivity index (χ4v) is 4.04. The van der Waals surface area contributed by atoms with E-state index in [1.165, 1.54) is 0 Å². The predicted octanol–water partition coefficient (Wildman–Crippen LogP) is 3.90. The van der Waals surface area contributed by atoms with Gasteiger partial charge in [0.05, 0.1) is 17.7 Å². The first-order chi connectivity index (χ1) is 14.0. The lowest BCUT2D eigenvalue weighted by Gasteiger charge is -2.27. The number of ether oxygens (including phenoxy) is 1. The highest BCUT2D eigenvalue weighted by atomic mass is 16.5. The molecule has 1 N–H and O–H groups in total. The highest BCUT2D eigenvalue weighted by Crippen LogP contribution is 2.40. The lowest BCUT2D eigenvalue weighted by atomic mass is 9.94. The molecule has 0 unspecified atom stereocenters. The second-order valence-corrected chi connectivity index (χ2v) is 7.86. The first-order valence-electron chi connectivity index (χ1n) is 9.99. The molecule has 2 heterocycles. The Morgan fingerprint density at radius 2 is 1.66 bits per heavy atom. The first-order valence-corrected chi connectivity index (χ1v) is 9.99. The molecule has 29 heavy (non-hydrogen) atoms. The molecule has 0 bridgehead atoms. The van der Waals surface area contributed by atoms with Crippen LogP contribution >= 0.6 is 0 Å². The monoisotopic (exact) mass is 391 g/mol. The van der Waals surface area contributed by atoms with E-state index in [0.29, 0.717) is 18.7 Å². The van der Waals surface area contributed by atoms with E-state index in [2.05, 4.69) is 0 Å². The summed E-state index contributed by atoms with van der Waals surface area (Å²) in [7, 11) is 0.